The molecule has 15 heavy (non-hydrogen) atoms. The maximum Gasteiger partial charge on any atom is 0.329 e. The van der Waals surface area contributed by atoms with Crippen LogP contribution in [0.4, 0.5) is 0 Å². The van der Waals surface area contributed by atoms with E-state index >= 15 is 0 Å². The number of amides is 1. The average molecular weight is 214 g/mol. The van der Waals surface area contributed by atoms with Crippen molar-refractivity contribution in [2.45, 2.75) is 44.9 Å². The normalized spacial score (nSPS) is 27.0. The molecular formula is C10H18N2O3. The van der Waals surface area contributed by atoms with Crippen LogP contribution in [0, 0.1) is 0 Å². The Morgan fingerprint density at radius 1 is 1.53 bits per heavy atom. The third kappa shape index (κ3) is 2.68. The van der Waals surface area contributed by atoms with Crippen molar-refractivity contribution in [3.8, 4) is 0 Å². The van der Waals surface area contributed by atoms with Gasteiger partial charge in [-0.3, -0.25) is 4.79 Å². The number of carbonyl (C=O) groups is 2. The fraction of sp³-hybridized carbons (Fsp3) is 0.800. The summed E-state index contributed by atoms with van der Waals surface area (Å²) in [6.45, 7) is 5.38. The van der Waals surface area contributed by atoms with Gasteiger partial charge in [0, 0.05) is 13.5 Å². The van der Waals surface area contributed by atoms with E-state index in [1.807, 2.05) is 0 Å². The van der Waals surface area contributed by atoms with Gasteiger partial charge in [-0.2, -0.15) is 0 Å². The molecule has 2 N–H and O–H groups in total. The highest BCUT2D eigenvalue weighted by molar-refractivity contribution is 5.91. The number of hydrogen-bond acceptors (Lipinski definition) is 4. The van der Waals surface area contributed by atoms with E-state index in [2.05, 4.69) is 0 Å². The van der Waals surface area contributed by atoms with Gasteiger partial charge in [0.25, 0.3) is 0 Å². The van der Waals surface area contributed by atoms with Crippen LogP contribution in [0.25, 0.3) is 0 Å². The lowest BCUT2D eigenvalue weighted by atomic mass is 10.1. The van der Waals surface area contributed by atoms with Crippen LogP contribution in [0.5, 0.6) is 0 Å². The summed E-state index contributed by atoms with van der Waals surface area (Å²) >= 11 is 0. The summed E-state index contributed by atoms with van der Waals surface area (Å²) in [5.41, 5.74) is 5.03. The number of carbonyl (C=O) groups excluding carboxylic acids is 2. The smallest absolute Gasteiger partial charge is 0.329 e. The van der Waals surface area contributed by atoms with Crippen LogP contribution in [0.15, 0.2) is 0 Å². The first-order chi connectivity index (χ1) is 6.72. The molecule has 0 bridgehead atoms. The van der Waals surface area contributed by atoms with Crippen molar-refractivity contribution in [3.05, 3.63) is 0 Å². The molecule has 0 aromatic carbocycles. The van der Waals surface area contributed by atoms with Gasteiger partial charge in [-0.1, -0.05) is 0 Å². The molecule has 0 saturated carbocycles. The Bertz CT molecular complexity index is 283. The highest BCUT2D eigenvalue weighted by Gasteiger charge is 2.41. The van der Waals surface area contributed by atoms with Gasteiger partial charge in [0.2, 0.25) is 5.91 Å². The van der Waals surface area contributed by atoms with Crippen LogP contribution in [0.1, 0.15) is 27.2 Å². The Morgan fingerprint density at radius 3 is 2.40 bits per heavy atom. The van der Waals surface area contributed by atoms with Crippen molar-refractivity contribution >= 4 is 11.9 Å². The lowest BCUT2D eigenvalue weighted by Crippen LogP contribution is -2.40. The van der Waals surface area contributed by atoms with Crippen molar-refractivity contribution in [1.82, 2.24) is 4.90 Å². The number of nitrogens with two attached hydrogens (primary N) is 1. The molecule has 0 radical (unpaired) electrons. The lowest BCUT2D eigenvalue weighted by Gasteiger charge is -2.24. The first kappa shape index (κ1) is 12.0. The Balaban J connectivity index is 2.66. The number of ether oxygens (including phenoxy) is 1. The zero-order valence-corrected chi connectivity index (χ0v) is 9.61. The highest BCUT2D eigenvalue weighted by Crippen LogP contribution is 2.19. The number of esters is 1. The largest absolute Gasteiger partial charge is 0.458 e. The predicted octanol–water partition coefficient (Wildman–Crippen LogP) is -0.114. The van der Waals surface area contributed by atoms with Crippen molar-refractivity contribution in [2.24, 2.45) is 5.73 Å². The molecule has 1 aliphatic heterocycles. The van der Waals surface area contributed by atoms with Crippen molar-refractivity contribution < 1.29 is 14.3 Å². The van der Waals surface area contributed by atoms with Gasteiger partial charge < -0.3 is 15.4 Å². The van der Waals surface area contributed by atoms with Crippen molar-refractivity contribution in [1.29, 1.82) is 0 Å². The molecule has 0 aromatic rings. The molecule has 1 amide bonds. The van der Waals surface area contributed by atoms with Gasteiger partial charge in [-0.25, -0.2) is 4.79 Å². The fourth-order valence-corrected chi connectivity index (χ4v) is 1.54. The van der Waals surface area contributed by atoms with Crippen LogP contribution in [-0.2, 0) is 14.3 Å². The number of likely N-dealkylation sites (tertiary alicyclic amines) is 1. The molecule has 5 nitrogen and oxygen atoms in total. The quantitative estimate of drug-likeness (QED) is 0.618. The number of hydrogen-bond donors (Lipinski definition) is 1. The van der Waals surface area contributed by atoms with Gasteiger partial charge in [-0.15, -0.1) is 0 Å². The van der Waals surface area contributed by atoms with E-state index < -0.39 is 17.7 Å². The molecule has 0 spiro atoms. The Morgan fingerprint density at radius 2 is 2.07 bits per heavy atom. The lowest BCUT2D eigenvalue weighted by molar-refractivity contribution is -0.161. The second-order valence-corrected chi connectivity index (χ2v) is 4.84. The molecule has 86 valence electrons. The summed E-state index contributed by atoms with van der Waals surface area (Å²) in [7, 11) is 1.57. The molecule has 0 aliphatic carbocycles. The third-order valence-electron chi connectivity index (χ3n) is 2.29. The van der Waals surface area contributed by atoms with Crippen LogP contribution in [0.2, 0.25) is 0 Å². The van der Waals surface area contributed by atoms with Crippen molar-refractivity contribution in [2.75, 3.05) is 7.05 Å². The Kier molecular flexibility index (Phi) is 3.04. The first-order valence-electron chi connectivity index (χ1n) is 4.97. The molecule has 1 saturated heterocycles. The minimum atomic E-state index is -0.576. The van der Waals surface area contributed by atoms with Gasteiger partial charge in [-0.05, 0) is 20.8 Å². The molecule has 1 aliphatic rings. The average Bonchev–Trinajstić information content (AvgIpc) is 2.30. The topological polar surface area (TPSA) is 72.6 Å². The van der Waals surface area contributed by atoms with E-state index in [9.17, 15) is 9.59 Å². The summed E-state index contributed by atoms with van der Waals surface area (Å²) in [5.74, 6) is -0.586. The van der Waals surface area contributed by atoms with E-state index in [0.29, 0.717) is 6.42 Å². The summed E-state index contributed by atoms with van der Waals surface area (Å²) in [5, 5.41) is 0. The van der Waals surface area contributed by atoms with Crippen molar-refractivity contribution in [3.63, 3.8) is 0 Å². The predicted molar refractivity (Wildman–Crippen MR) is 55.0 cm³/mol. The third-order valence-corrected chi connectivity index (χ3v) is 2.29. The SMILES string of the molecule is CN1C(=O)C(N)CC1C(=O)OC(C)(C)C. The van der Waals surface area contributed by atoms with Crippen LogP contribution in [-0.4, -0.2) is 41.5 Å². The molecule has 0 aromatic heterocycles. The van der Waals surface area contributed by atoms with Gasteiger partial charge >= 0.3 is 5.97 Å². The molecule has 2 unspecified atom stereocenters. The molecule has 1 heterocycles. The maximum atomic E-state index is 11.7. The second kappa shape index (κ2) is 3.81. The molecule has 5 heteroatoms. The minimum Gasteiger partial charge on any atom is -0.458 e. The summed E-state index contributed by atoms with van der Waals surface area (Å²) in [6.07, 6.45) is 0.338. The molecule has 1 fully saturated rings. The second-order valence-electron chi connectivity index (χ2n) is 4.84. The Labute approximate surface area is 89.6 Å². The Hall–Kier alpha value is -1.10. The van der Waals surface area contributed by atoms with E-state index in [-0.39, 0.29) is 11.9 Å². The first-order valence-corrected chi connectivity index (χ1v) is 4.97. The highest BCUT2D eigenvalue weighted by atomic mass is 16.6. The fourth-order valence-electron chi connectivity index (χ4n) is 1.54. The zero-order chi connectivity index (χ0) is 11.8. The van der Waals surface area contributed by atoms with E-state index in [4.69, 9.17) is 10.5 Å². The standard InChI is InChI=1S/C10H18N2O3/c1-10(2,3)15-9(14)7-5-6(11)8(13)12(7)4/h6-7H,5,11H2,1-4H3. The van der Waals surface area contributed by atoms with Crippen LogP contribution < -0.4 is 5.73 Å². The number of likely N-dealkylation sites (N-methyl/N-ethyl adjacent to an activating group) is 1. The van der Waals surface area contributed by atoms with Gasteiger partial charge in [0.1, 0.15) is 11.6 Å². The summed E-state index contributed by atoms with van der Waals surface area (Å²) < 4.78 is 5.20. The van der Waals surface area contributed by atoms with E-state index in [1.165, 1.54) is 4.90 Å². The molecule has 2 atom stereocenters. The van der Waals surface area contributed by atoms with E-state index in [1.54, 1.807) is 27.8 Å². The summed E-state index contributed by atoms with van der Waals surface area (Å²) in [4.78, 5) is 24.4. The zero-order valence-electron chi connectivity index (χ0n) is 9.61. The van der Waals surface area contributed by atoms with E-state index in [0.717, 1.165) is 0 Å². The number of nitrogens with zero attached hydrogens (tertiary/aromatic N) is 1. The molecular weight excluding hydrogens is 196 g/mol. The van der Waals surface area contributed by atoms with Crippen LogP contribution >= 0.6 is 0 Å². The molecule has 1 rings (SSSR count). The minimum absolute atomic E-state index is 0.203. The summed E-state index contributed by atoms with van der Waals surface area (Å²) in [6, 6.07) is -1.11. The van der Waals surface area contributed by atoms with Gasteiger partial charge in [0.15, 0.2) is 0 Å². The van der Waals surface area contributed by atoms with Crippen LogP contribution in [0.3, 0.4) is 0 Å². The maximum absolute atomic E-state index is 11.7. The van der Waals surface area contributed by atoms with Gasteiger partial charge in [0.05, 0.1) is 6.04 Å². The monoisotopic (exact) mass is 214 g/mol. The number of rotatable bonds is 1.